The Morgan fingerprint density at radius 3 is 2.71 bits per heavy atom. The van der Waals surface area contributed by atoms with E-state index in [1.807, 2.05) is 6.92 Å². The zero-order valence-corrected chi connectivity index (χ0v) is 9.86. The molecule has 0 unspecified atom stereocenters. The lowest BCUT2D eigenvalue weighted by atomic mass is 10.2. The van der Waals surface area contributed by atoms with Gasteiger partial charge in [-0.2, -0.15) is 0 Å². The first-order valence-corrected chi connectivity index (χ1v) is 5.45. The molecule has 0 aliphatic carbocycles. The second kappa shape index (κ2) is 6.64. The van der Waals surface area contributed by atoms with Crippen molar-refractivity contribution in [2.75, 3.05) is 17.3 Å². The van der Waals surface area contributed by atoms with Crippen molar-refractivity contribution < 1.29 is 4.79 Å². The van der Waals surface area contributed by atoms with Crippen molar-refractivity contribution in [2.24, 2.45) is 11.6 Å². The molecule has 0 fully saturated rings. The number of hydrogen-bond donors (Lipinski definition) is 4. The van der Waals surface area contributed by atoms with E-state index < -0.39 is 0 Å². The average molecular weight is 238 g/mol. The van der Waals surface area contributed by atoms with Gasteiger partial charge in [-0.05, 0) is 19.8 Å². The van der Waals surface area contributed by atoms with Gasteiger partial charge in [-0.1, -0.05) is 0 Å². The lowest BCUT2D eigenvalue weighted by molar-refractivity contribution is -0.118. The van der Waals surface area contributed by atoms with Crippen LogP contribution in [0.15, 0.2) is 6.33 Å². The highest BCUT2D eigenvalue weighted by Crippen LogP contribution is 2.16. The van der Waals surface area contributed by atoms with Gasteiger partial charge in [-0.3, -0.25) is 4.79 Å². The fourth-order valence-corrected chi connectivity index (χ4v) is 1.40. The van der Waals surface area contributed by atoms with Crippen molar-refractivity contribution in [2.45, 2.75) is 26.2 Å². The standard InChI is InChI=1S/C10H18N6O/c1-7-9(14-6-15-10(7)16-12)13-5-3-2-4-8(11)17/h6H,2-5,12H2,1H3,(H2,11,17)(H2,13,14,15,16). The number of nitrogen functional groups attached to an aromatic ring is 1. The van der Waals surface area contributed by atoms with E-state index in [0.29, 0.717) is 12.2 Å². The molecule has 0 spiro atoms. The summed E-state index contributed by atoms with van der Waals surface area (Å²) in [7, 11) is 0. The monoisotopic (exact) mass is 238 g/mol. The number of rotatable bonds is 7. The minimum atomic E-state index is -0.266. The average Bonchev–Trinajstić information content (AvgIpc) is 2.30. The molecule has 0 saturated heterocycles. The van der Waals surface area contributed by atoms with Crippen LogP contribution in [0.5, 0.6) is 0 Å². The number of aromatic nitrogens is 2. The van der Waals surface area contributed by atoms with Crippen LogP contribution < -0.4 is 22.3 Å². The summed E-state index contributed by atoms with van der Waals surface area (Å²) in [5.41, 5.74) is 8.41. The lowest BCUT2D eigenvalue weighted by Gasteiger charge is -2.10. The van der Waals surface area contributed by atoms with Gasteiger partial charge in [0.15, 0.2) is 0 Å². The Morgan fingerprint density at radius 2 is 2.06 bits per heavy atom. The smallest absolute Gasteiger partial charge is 0.217 e. The Hall–Kier alpha value is -1.89. The van der Waals surface area contributed by atoms with Gasteiger partial charge in [-0.25, -0.2) is 15.8 Å². The van der Waals surface area contributed by atoms with Gasteiger partial charge < -0.3 is 16.5 Å². The number of amides is 1. The van der Waals surface area contributed by atoms with Crippen LogP contribution in [0.4, 0.5) is 11.6 Å². The molecule has 6 N–H and O–H groups in total. The van der Waals surface area contributed by atoms with E-state index in [1.54, 1.807) is 0 Å². The second-order valence-corrected chi connectivity index (χ2v) is 3.69. The minimum absolute atomic E-state index is 0.266. The molecule has 17 heavy (non-hydrogen) atoms. The Kier molecular flexibility index (Phi) is 5.15. The summed E-state index contributed by atoms with van der Waals surface area (Å²) < 4.78 is 0. The predicted molar refractivity (Wildman–Crippen MR) is 66.1 cm³/mol. The van der Waals surface area contributed by atoms with Crippen LogP contribution >= 0.6 is 0 Å². The fraction of sp³-hybridized carbons (Fsp3) is 0.500. The molecule has 0 bridgehead atoms. The number of hydrogen-bond acceptors (Lipinski definition) is 6. The van der Waals surface area contributed by atoms with E-state index in [0.717, 1.165) is 30.8 Å². The summed E-state index contributed by atoms with van der Waals surface area (Å²) in [6.07, 6.45) is 3.49. The zero-order valence-electron chi connectivity index (χ0n) is 9.86. The van der Waals surface area contributed by atoms with E-state index >= 15 is 0 Å². The first-order valence-electron chi connectivity index (χ1n) is 5.45. The molecular weight excluding hydrogens is 220 g/mol. The van der Waals surface area contributed by atoms with E-state index in [-0.39, 0.29) is 5.91 Å². The molecule has 0 radical (unpaired) electrons. The van der Waals surface area contributed by atoms with Crippen molar-refractivity contribution in [3.8, 4) is 0 Å². The highest BCUT2D eigenvalue weighted by Gasteiger charge is 2.04. The topological polar surface area (TPSA) is 119 Å². The lowest BCUT2D eigenvalue weighted by Crippen LogP contribution is -2.14. The maximum Gasteiger partial charge on any atom is 0.217 e. The third-order valence-corrected chi connectivity index (χ3v) is 2.36. The van der Waals surface area contributed by atoms with E-state index in [1.165, 1.54) is 6.33 Å². The molecule has 1 aromatic heterocycles. The van der Waals surface area contributed by atoms with Gasteiger partial charge in [0, 0.05) is 18.5 Å². The van der Waals surface area contributed by atoms with Crippen molar-refractivity contribution in [1.29, 1.82) is 0 Å². The molecule has 7 nitrogen and oxygen atoms in total. The summed E-state index contributed by atoms with van der Waals surface area (Å²) in [5, 5.41) is 3.16. The molecular formula is C10H18N6O. The Balaban J connectivity index is 2.39. The van der Waals surface area contributed by atoms with Crippen molar-refractivity contribution in [1.82, 2.24) is 9.97 Å². The molecule has 1 aromatic rings. The maximum absolute atomic E-state index is 10.5. The highest BCUT2D eigenvalue weighted by molar-refractivity contribution is 5.73. The number of hydrazine groups is 1. The minimum Gasteiger partial charge on any atom is -0.370 e. The van der Waals surface area contributed by atoms with Crippen LogP contribution in [0.2, 0.25) is 0 Å². The highest BCUT2D eigenvalue weighted by atomic mass is 16.1. The number of carbonyl (C=O) groups is 1. The quantitative estimate of drug-likeness (QED) is 0.305. The maximum atomic E-state index is 10.5. The molecule has 0 atom stereocenters. The molecule has 1 rings (SSSR count). The molecule has 94 valence electrons. The molecule has 0 aliphatic heterocycles. The number of unbranched alkanes of at least 4 members (excludes halogenated alkanes) is 1. The van der Waals surface area contributed by atoms with Crippen LogP contribution in [-0.2, 0) is 4.79 Å². The molecule has 0 aromatic carbocycles. The molecule has 1 heterocycles. The number of anilines is 2. The first-order chi connectivity index (χ1) is 8.15. The van der Waals surface area contributed by atoms with Gasteiger partial charge in [0.25, 0.3) is 0 Å². The molecule has 0 aliphatic rings. The van der Waals surface area contributed by atoms with Crippen LogP contribution in [0, 0.1) is 6.92 Å². The van der Waals surface area contributed by atoms with Crippen molar-refractivity contribution in [3.63, 3.8) is 0 Å². The van der Waals surface area contributed by atoms with Crippen molar-refractivity contribution in [3.05, 3.63) is 11.9 Å². The molecule has 1 amide bonds. The summed E-state index contributed by atoms with van der Waals surface area (Å²) in [5.74, 6) is 6.38. The van der Waals surface area contributed by atoms with E-state index in [4.69, 9.17) is 11.6 Å². The normalized spacial score (nSPS) is 10.0. The number of primary amides is 1. The predicted octanol–water partition coefficient (Wildman–Crippen LogP) is 0.138. The van der Waals surface area contributed by atoms with Gasteiger partial charge in [0.2, 0.25) is 5.91 Å². The zero-order chi connectivity index (χ0) is 12.7. The summed E-state index contributed by atoms with van der Waals surface area (Å²) in [4.78, 5) is 18.6. The molecule has 0 saturated carbocycles. The summed E-state index contributed by atoms with van der Waals surface area (Å²) in [6, 6.07) is 0. The number of nitrogens with one attached hydrogen (secondary N) is 2. The molecule has 7 heteroatoms. The van der Waals surface area contributed by atoms with Gasteiger partial charge in [0.1, 0.15) is 18.0 Å². The van der Waals surface area contributed by atoms with E-state index in [2.05, 4.69) is 20.7 Å². The van der Waals surface area contributed by atoms with Crippen molar-refractivity contribution >= 4 is 17.5 Å². The van der Waals surface area contributed by atoms with Crippen LogP contribution in [0.25, 0.3) is 0 Å². The van der Waals surface area contributed by atoms with Crippen LogP contribution in [0.3, 0.4) is 0 Å². The Morgan fingerprint density at radius 1 is 1.35 bits per heavy atom. The van der Waals surface area contributed by atoms with Gasteiger partial charge in [-0.15, -0.1) is 0 Å². The van der Waals surface area contributed by atoms with Gasteiger partial charge >= 0.3 is 0 Å². The first kappa shape index (κ1) is 13.2. The Labute approximate surface area is 100.0 Å². The number of nitrogens with two attached hydrogens (primary N) is 2. The van der Waals surface area contributed by atoms with E-state index in [9.17, 15) is 4.79 Å². The summed E-state index contributed by atoms with van der Waals surface area (Å²) >= 11 is 0. The largest absolute Gasteiger partial charge is 0.370 e. The second-order valence-electron chi connectivity index (χ2n) is 3.69. The third-order valence-electron chi connectivity index (χ3n) is 2.36. The Bertz CT molecular complexity index is 381. The SMILES string of the molecule is Cc1c(NN)ncnc1NCCCCC(N)=O. The number of nitrogens with zero attached hydrogens (tertiary/aromatic N) is 2. The summed E-state index contributed by atoms with van der Waals surface area (Å²) in [6.45, 7) is 2.61. The number of carbonyl (C=O) groups excluding carboxylic acids is 1. The van der Waals surface area contributed by atoms with Crippen LogP contribution in [0.1, 0.15) is 24.8 Å². The third kappa shape index (κ3) is 4.23. The van der Waals surface area contributed by atoms with Crippen LogP contribution in [-0.4, -0.2) is 22.4 Å². The van der Waals surface area contributed by atoms with Gasteiger partial charge in [0.05, 0.1) is 0 Å². The fourth-order valence-electron chi connectivity index (χ4n) is 1.40.